The van der Waals surface area contributed by atoms with Crippen molar-refractivity contribution in [1.82, 2.24) is 0 Å². The molecular weight excluding hydrogens is 332 g/mol. The van der Waals surface area contributed by atoms with Crippen LogP contribution in [0.25, 0.3) is 6.08 Å². The molecule has 1 aliphatic rings. The lowest BCUT2D eigenvalue weighted by atomic mass is 9.75. The first-order valence-electron chi connectivity index (χ1n) is 8.36. The summed E-state index contributed by atoms with van der Waals surface area (Å²) in [6.07, 6.45) is 6.21. The van der Waals surface area contributed by atoms with Crippen molar-refractivity contribution in [1.29, 1.82) is 0 Å². The normalized spacial score (nSPS) is 20.5. The number of hydrogen-bond acceptors (Lipinski definition) is 4. The van der Waals surface area contributed by atoms with E-state index in [1.165, 1.54) is 0 Å². The third-order valence-electron chi connectivity index (χ3n) is 4.27. The third-order valence-corrected chi connectivity index (χ3v) is 5.10. The molecule has 0 unspecified atom stereocenters. The van der Waals surface area contributed by atoms with E-state index in [1.807, 2.05) is 60.0 Å². The highest BCUT2D eigenvalue weighted by Crippen LogP contribution is 2.37. The molecule has 0 fully saturated rings. The molecule has 0 spiro atoms. The molecule has 2 aromatic rings. The van der Waals surface area contributed by atoms with Crippen LogP contribution in [-0.2, 0) is 14.3 Å². The second kappa shape index (κ2) is 8.08. The van der Waals surface area contributed by atoms with Gasteiger partial charge in [0.15, 0.2) is 5.78 Å². The lowest BCUT2D eigenvalue weighted by molar-refractivity contribution is -0.151. The molecular formula is C21H20O3S. The van der Waals surface area contributed by atoms with Gasteiger partial charge in [0.05, 0.1) is 6.61 Å². The zero-order valence-electron chi connectivity index (χ0n) is 14.1. The smallest absolute Gasteiger partial charge is 0.317 e. The second-order valence-corrected chi connectivity index (χ2v) is 6.90. The minimum absolute atomic E-state index is 0.176. The molecule has 0 amide bonds. The standard InChI is InChI=1S/C21H20O3S/c1-2-24-21(23)20-18(16-7-4-3-5-8-16)13-15(14-19(20)22)10-11-17-9-6-12-25-17/h3-12,14,18,20H,2,13H2,1H3/b11-10-/t18-,20+/m1/s1. The second-order valence-electron chi connectivity index (χ2n) is 5.92. The number of carbonyl (C=O) groups is 2. The van der Waals surface area contributed by atoms with Crippen molar-refractivity contribution >= 4 is 29.2 Å². The lowest BCUT2D eigenvalue weighted by Gasteiger charge is -2.28. The van der Waals surface area contributed by atoms with E-state index in [-0.39, 0.29) is 18.3 Å². The number of benzene rings is 1. The van der Waals surface area contributed by atoms with E-state index in [0.29, 0.717) is 6.42 Å². The molecule has 4 heteroatoms. The van der Waals surface area contributed by atoms with Gasteiger partial charge >= 0.3 is 5.97 Å². The molecule has 1 heterocycles. The highest BCUT2D eigenvalue weighted by atomic mass is 32.1. The quantitative estimate of drug-likeness (QED) is 0.582. The Morgan fingerprint density at radius 1 is 1.20 bits per heavy atom. The maximum absolute atomic E-state index is 12.7. The zero-order valence-corrected chi connectivity index (χ0v) is 14.9. The Morgan fingerprint density at radius 3 is 2.68 bits per heavy atom. The summed E-state index contributed by atoms with van der Waals surface area (Å²) in [5, 5.41) is 2.02. The number of rotatable bonds is 5. The summed E-state index contributed by atoms with van der Waals surface area (Å²) in [4.78, 5) is 26.1. The van der Waals surface area contributed by atoms with Crippen LogP contribution in [-0.4, -0.2) is 18.4 Å². The first-order chi connectivity index (χ1) is 12.2. The Morgan fingerprint density at radius 2 is 2.00 bits per heavy atom. The predicted octanol–water partition coefficient (Wildman–Crippen LogP) is 4.62. The fourth-order valence-corrected chi connectivity index (χ4v) is 3.73. The molecule has 3 nitrogen and oxygen atoms in total. The molecule has 25 heavy (non-hydrogen) atoms. The number of esters is 1. The Kier molecular flexibility index (Phi) is 5.61. The minimum Gasteiger partial charge on any atom is -0.465 e. The van der Waals surface area contributed by atoms with Crippen molar-refractivity contribution in [3.05, 3.63) is 76.0 Å². The first-order valence-corrected chi connectivity index (χ1v) is 9.24. The molecule has 1 aromatic heterocycles. The highest BCUT2D eigenvalue weighted by molar-refractivity contribution is 7.10. The van der Waals surface area contributed by atoms with Gasteiger partial charge < -0.3 is 4.74 Å². The molecule has 3 rings (SSSR count). The Hall–Kier alpha value is -2.46. The average Bonchev–Trinajstić information content (AvgIpc) is 3.14. The fourth-order valence-electron chi connectivity index (χ4n) is 3.12. The van der Waals surface area contributed by atoms with E-state index in [0.717, 1.165) is 16.0 Å². The van der Waals surface area contributed by atoms with Gasteiger partial charge in [-0.3, -0.25) is 9.59 Å². The Labute approximate surface area is 151 Å². The van der Waals surface area contributed by atoms with Gasteiger partial charge in [0.25, 0.3) is 0 Å². The summed E-state index contributed by atoms with van der Waals surface area (Å²) < 4.78 is 5.15. The van der Waals surface area contributed by atoms with Crippen LogP contribution in [0, 0.1) is 5.92 Å². The number of allylic oxidation sites excluding steroid dienone is 3. The summed E-state index contributed by atoms with van der Waals surface area (Å²) in [6.45, 7) is 2.03. The van der Waals surface area contributed by atoms with Gasteiger partial charge in [-0.25, -0.2) is 0 Å². The monoisotopic (exact) mass is 352 g/mol. The molecule has 0 bridgehead atoms. The summed E-state index contributed by atoms with van der Waals surface area (Å²) in [6, 6.07) is 13.8. The summed E-state index contributed by atoms with van der Waals surface area (Å²) >= 11 is 1.65. The summed E-state index contributed by atoms with van der Waals surface area (Å²) in [7, 11) is 0. The van der Waals surface area contributed by atoms with Crippen molar-refractivity contribution in [3.8, 4) is 0 Å². The first kappa shape index (κ1) is 17.4. The fraction of sp³-hybridized carbons (Fsp3) is 0.238. The van der Waals surface area contributed by atoms with E-state index < -0.39 is 11.9 Å². The van der Waals surface area contributed by atoms with Crippen LogP contribution in [0.1, 0.15) is 29.7 Å². The van der Waals surface area contributed by atoms with E-state index in [9.17, 15) is 9.59 Å². The molecule has 0 saturated carbocycles. The molecule has 0 radical (unpaired) electrons. The van der Waals surface area contributed by atoms with Crippen LogP contribution in [0.3, 0.4) is 0 Å². The molecule has 0 aliphatic heterocycles. The highest BCUT2D eigenvalue weighted by Gasteiger charge is 2.38. The zero-order chi connectivity index (χ0) is 17.6. The van der Waals surface area contributed by atoms with E-state index in [2.05, 4.69) is 0 Å². The summed E-state index contributed by atoms with van der Waals surface area (Å²) in [5.74, 6) is -1.56. The maximum atomic E-state index is 12.7. The molecule has 128 valence electrons. The third kappa shape index (κ3) is 4.15. The van der Waals surface area contributed by atoms with Crippen molar-refractivity contribution in [2.24, 2.45) is 5.92 Å². The van der Waals surface area contributed by atoms with Gasteiger partial charge in [0, 0.05) is 10.8 Å². The van der Waals surface area contributed by atoms with Crippen molar-refractivity contribution in [2.75, 3.05) is 6.61 Å². The number of carbonyl (C=O) groups excluding carboxylic acids is 2. The van der Waals surface area contributed by atoms with E-state index in [1.54, 1.807) is 24.3 Å². The van der Waals surface area contributed by atoms with Gasteiger partial charge in [-0.05, 0) is 48.1 Å². The van der Waals surface area contributed by atoms with E-state index >= 15 is 0 Å². The van der Waals surface area contributed by atoms with Crippen LogP contribution >= 0.6 is 11.3 Å². The Balaban J connectivity index is 1.90. The molecule has 1 aliphatic carbocycles. The summed E-state index contributed by atoms with van der Waals surface area (Å²) in [5.41, 5.74) is 1.93. The maximum Gasteiger partial charge on any atom is 0.317 e. The van der Waals surface area contributed by atoms with Gasteiger partial charge in [0.1, 0.15) is 5.92 Å². The van der Waals surface area contributed by atoms with Gasteiger partial charge in [-0.1, -0.05) is 42.5 Å². The van der Waals surface area contributed by atoms with E-state index in [4.69, 9.17) is 4.74 Å². The number of thiophene rings is 1. The van der Waals surface area contributed by atoms with Gasteiger partial charge in [-0.2, -0.15) is 0 Å². The molecule has 0 saturated heterocycles. The van der Waals surface area contributed by atoms with Crippen LogP contribution in [0.2, 0.25) is 0 Å². The van der Waals surface area contributed by atoms with Gasteiger partial charge in [-0.15, -0.1) is 11.3 Å². The van der Waals surface area contributed by atoms with Crippen molar-refractivity contribution in [3.63, 3.8) is 0 Å². The Bertz CT molecular complexity index is 788. The number of ether oxygens (including phenoxy) is 1. The van der Waals surface area contributed by atoms with Crippen LogP contribution in [0.4, 0.5) is 0 Å². The van der Waals surface area contributed by atoms with Crippen LogP contribution in [0.15, 0.2) is 65.6 Å². The van der Waals surface area contributed by atoms with Crippen molar-refractivity contribution in [2.45, 2.75) is 19.3 Å². The molecule has 1 aromatic carbocycles. The molecule has 0 N–H and O–H groups in total. The minimum atomic E-state index is -0.763. The SMILES string of the molecule is CCOC(=O)[C@@H]1C(=O)C=C(/C=C\c2cccs2)C[C@@H]1c1ccccc1. The topological polar surface area (TPSA) is 43.4 Å². The lowest BCUT2D eigenvalue weighted by Crippen LogP contribution is -2.34. The van der Waals surface area contributed by atoms with Crippen molar-refractivity contribution < 1.29 is 14.3 Å². The largest absolute Gasteiger partial charge is 0.465 e. The van der Waals surface area contributed by atoms with Crippen LogP contribution < -0.4 is 0 Å². The van der Waals surface area contributed by atoms with Crippen LogP contribution in [0.5, 0.6) is 0 Å². The van der Waals surface area contributed by atoms with Gasteiger partial charge in [0.2, 0.25) is 0 Å². The predicted molar refractivity (Wildman–Crippen MR) is 100 cm³/mol. The number of hydrogen-bond donors (Lipinski definition) is 0. The molecule has 2 atom stereocenters. The number of ketones is 1. The average molecular weight is 352 g/mol.